The summed E-state index contributed by atoms with van der Waals surface area (Å²) in [6.45, 7) is 0.0349. The van der Waals surface area contributed by atoms with Gasteiger partial charge in [0.05, 0.1) is 11.3 Å². The Bertz CT molecular complexity index is 857. The predicted octanol–water partition coefficient (Wildman–Crippen LogP) is 3.32. The normalized spacial score (nSPS) is 12.5. The molecule has 2 rings (SSSR count). The maximum atomic E-state index is 14.0. The van der Waals surface area contributed by atoms with Crippen molar-refractivity contribution in [3.63, 3.8) is 0 Å². The van der Waals surface area contributed by atoms with Gasteiger partial charge in [0.15, 0.2) is 0 Å². The summed E-state index contributed by atoms with van der Waals surface area (Å²) in [5, 5.41) is 2.58. The summed E-state index contributed by atoms with van der Waals surface area (Å²) in [5.41, 5.74) is 0.157. The Balaban J connectivity index is 1.85. The zero-order valence-electron chi connectivity index (χ0n) is 14.8. The van der Waals surface area contributed by atoms with Crippen LogP contribution in [0.5, 0.6) is 0 Å². The number of nitrogens with zero attached hydrogens (tertiary/aromatic N) is 1. The fourth-order valence-corrected chi connectivity index (χ4v) is 2.71. The van der Waals surface area contributed by atoms with Crippen molar-refractivity contribution in [2.45, 2.75) is 25.6 Å². The molecule has 0 radical (unpaired) electrons. The first kappa shape index (κ1) is 21.8. The van der Waals surface area contributed by atoms with E-state index < -0.39 is 28.8 Å². The monoisotopic (exact) mass is 417 g/mol. The van der Waals surface area contributed by atoms with Crippen molar-refractivity contribution in [3.05, 3.63) is 65.0 Å². The van der Waals surface area contributed by atoms with Crippen molar-refractivity contribution in [3.8, 4) is 0 Å². The summed E-state index contributed by atoms with van der Waals surface area (Å²) in [6, 6.07) is 8.45. The minimum absolute atomic E-state index is 0.0349. The number of hydrogen-bond acceptors (Lipinski definition) is 3. The minimum Gasteiger partial charge on any atom is -0.755 e. The van der Waals surface area contributed by atoms with Crippen molar-refractivity contribution in [1.29, 1.82) is 0 Å². The van der Waals surface area contributed by atoms with Crippen LogP contribution in [0.2, 0.25) is 0 Å². The molecule has 10 heteroatoms. The lowest BCUT2D eigenvalue weighted by Gasteiger charge is -2.21. The fraction of sp³-hybridized carbons (Fsp3) is 0.278. The van der Waals surface area contributed by atoms with Gasteiger partial charge < -0.3 is 14.2 Å². The smallest absolute Gasteiger partial charge is 0.416 e. The Morgan fingerprint density at radius 1 is 1.14 bits per heavy atom. The minimum atomic E-state index is -4.40. The number of rotatable bonds is 7. The number of amides is 1. The first-order chi connectivity index (χ1) is 13.1. The SMILES string of the molecule is CN(c1ccc(CNC(=O)CCc2ccc(C(F)(F)F)cc2)cc1F)S(=O)[O-]. The highest BCUT2D eigenvalue weighted by molar-refractivity contribution is 7.80. The lowest BCUT2D eigenvalue weighted by Crippen LogP contribution is -2.23. The fourth-order valence-electron chi connectivity index (χ4n) is 2.40. The van der Waals surface area contributed by atoms with E-state index >= 15 is 0 Å². The number of alkyl halides is 3. The lowest BCUT2D eigenvalue weighted by molar-refractivity contribution is -0.137. The van der Waals surface area contributed by atoms with Crippen LogP contribution in [0.25, 0.3) is 0 Å². The number of hydrogen-bond donors (Lipinski definition) is 1. The maximum Gasteiger partial charge on any atom is 0.416 e. The Hall–Kier alpha value is -2.46. The van der Waals surface area contributed by atoms with Crippen LogP contribution in [0.1, 0.15) is 23.1 Å². The van der Waals surface area contributed by atoms with Gasteiger partial charge in [-0.05, 0) is 41.8 Å². The number of carbonyl (C=O) groups excluding carboxylic acids is 1. The topological polar surface area (TPSA) is 72.5 Å². The van der Waals surface area contributed by atoms with Gasteiger partial charge in [0.25, 0.3) is 0 Å². The summed E-state index contributed by atoms with van der Waals surface area (Å²) < 4.78 is 73.9. The van der Waals surface area contributed by atoms with E-state index in [1.54, 1.807) is 0 Å². The molecule has 0 aliphatic heterocycles. The van der Waals surface area contributed by atoms with E-state index in [0.29, 0.717) is 11.1 Å². The predicted molar refractivity (Wildman–Crippen MR) is 95.3 cm³/mol. The van der Waals surface area contributed by atoms with Crippen LogP contribution < -0.4 is 9.62 Å². The van der Waals surface area contributed by atoms with Crippen LogP contribution in [0.4, 0.5) is 23.2 Å². The first-order valence-corrected chi connectivity index (χ1v) is 9.15. The highest BCUT2D eigenvalue weighted by atomic mass is 32.2. The summed E-state index contributed by atoms with van der Waals surface area (Å²) in [5.74, 6) is -1.09. The van der Waals surface area contributed by atoms with Crippen LogP contribution in [-0.4, -0.2) is 21.7 Å². The molecule has 0 aliphatic rings. The van der Waals surface area contributed by atoms with Gasteiger partial charge in [0.1, 0.15) is 5.82 Å². The van der Waals surface area contributed by atoms with Gasteiger partial charge >= 0.3 is 6.18 Å². The van der Waals surface area contributed by atoms with Crippen LogP contribution in [0.15, 0.2) is 42.5 Å². The van der Waals surface area contributed by atoms with E-state index in [9.17, 15) is 31.1 Å². The Morgan fingerprint density at radius 3 is 2.29 bits per heavy atom. The van der Waals surface area contributed by atoms with Crippen LogP contribution in [0.3, 0.4) is 0 Å². The summed E-state index contributed by atoms with van der Waals surface area (Å²) in [6.07, 6.45) is -4.08. The van der Waals surface area contributed by atoms with Gasteiger partial charge in [-0.3, -0.25) is 9.00 Å². The molecule has 2 aromatic carbocycles. The molecule has 0 spiro atoms. The third kappa shape index (κ3) is 6.03. The molecule has 0 fully saturated rings. The van der Waals surface area contributed by atoms with Gasteiger partial charge in [-0.2, -0.15) is 13.2 Å². The van der Waals surface area contributed by atoms with E-state index in [1.807, 2.05) is 0 Å². The highest BCUT2D eigenvalue weighted by Crippen LogP contribution is 2.29. The molecule has 0 aliphatic carbocycles. The number of nitrogens with one attached hydrogen (secondary N) is 1. The second-order valence-corrected chi connectivity index (χ2v) is 6.95. The molecule has 1 N–H and O–H groups in total. The summed E-state index contributed by atoms with van der Waals surface area (Å²) in [4.78, 5) is 11.9. The van der Waals surface area contributed by atoms with Gasteiger partial charge in [-0.15, -0.1) is 0 Å². The van der Waals surface area contributed by atoms with Gasteiger partial charge in [0.2, 0.25) is 5.91 Å². The van der Waals surface area contributed by atoms with Crippen LogP contribution >= 0.6 is 0 Å². The van der Waals surface area contributed by atoms with Crippen molar-refractivity contribution in [1.82, 2.24) is 5.32 Å². The number of benzene rings is 2. The van der Waals surface area contributed by atoms with E-state index in [2.05, 4.69) is 5.32 Å². The molecule has 2 aromatic rings. The number of anilines is 1. The van der Waals surface area contributed by atoms with Crippen LogP contribution in [0, 0.1) is 5.82 Å². The molecule has 0 bridgehead atoms. The zero-order valence-corrected chi connectivity index (χ0v) is 15.6. The molecule has 28 heavy (non-hydrogen) atoms. The standard InChI is InChI=1S/C18H18F4N2O3S/c1-24(28(26)27)16-8-4-13(10-15(16)19)11-23-17(25)9-5-12-2-6-14(7-3-12)18(20,21)22/h2-4,6-8,10H,5,9,11H2,1H3,(H,23,25)(H,26,27)/p-1. The van der Waals surface area contributed by atoms with Crippen LogP contribution in [-0.2, 0) is 35.2 Å². The molecular weight excluding hydrogens is 400 g/mol. The van der Waals surface area contributed by atoms with E-state index in [-0.39, 0.29) is 31.0 Å². The number of halogens is 4. The molecule has 0 saturated carbocycles. The number of aryl methyl sites for hydroxylation is 1. The van der Waals surface area contributed by atoms with Gasteiger partial charge in [-0.25, -0.2) is 4.39 Å². The molecule has 0 aromatic heterocycles. The van der Waals surface area contributed by atoms with Crippen molar-refractivity contribution in [2.24, 2.45) is 0 Å². The van der Waals surface area contributed by atoms with Crippen molar-refractivity contribution in [2.75, 3.05) is 11.4 Å². The average molecular weight is 417 g/mol. The Labute approximate surface area is 161 Å². The molecular formula is C18H17F4N2O3S-. The number of carbonyl (C=O) groups is 1. The quantitative estimate of drug-likeness (QED) is 0.555. The summed E-state index contributed by atoms with van der Waals surface area (Å²) in [7, 11) is 1.20. The maximum absolute atomic E-state index is 14.0. The molecule has 152 valence electrons. The van der Waals surface area contributed by atoms with Crippen molar-refractivity contribution >= 4 is 22.9 Å². The Morgan fingerprint density at radius 2 is 1.75 bits per heavy atom. The largest absolute Gasteiger partial charge is 0.755 e. The van der Waals surface area contributed by atoms with E-state index in [4.69, 9.17) is 0 Å². The van der Waals surface area contributed by atoms with Crippen molar-refractivity contribution < 1.29 is 31.1 Å². The molecule has 1 unspecified atom stereocenters. The van der Waals surface area contributed by atoms with E-state index in [0.717, 1.165) is 22.5 Å². The summed E-state index contributed by atoms with van der Waals surface area (Å²) >= 11 is -2.61. The molecule has 1 amide bonds. The zero-order chi connectivity index (χ0) is 20.9. The second kappa shape index (κ2) is 9.16. The second-order valence-electron chi connectivity index (χ2n) is 5.97. The Kier molecular flexibility index (Phi) is 7.14. The highest BCUT2D eigenvalue weighted by Gasteiger charge is 2.29. The van der Waals surface area contributed by atoms with Gasteiger partial charge in [-0.1, -0.05) is 18.2 Å². The van der Waals surface area contributed by atoms with E-state index in [1.165, 1.54) is 31.3 Å². The molecule has 0 saturated heterocycles. The molecule has 0 heterocycles. The lowest BCUT2D eigenvalue weighted by atomic mass is 10.1. The average Bonchev–Trinajstić information content (AvgIpc) is 2.63. The third-order valence-electron chi connectivity index (χ3n) is 3.99. The third-order valence-corrected chi connectivity index (χ3v) is 4.63. The molecule has 5 nitrogen and oxygen atoms in total. The molecule has 1 atom stereocenters. The van der Waals surface area contributed by atoms with Gasteiger partial charge in [0, 0.05) is 31.3 Å². The first-order valence-electron chi connectivity index (χ1n) is 8.12.